The van der Waals surface area contributed by atoms with Crippen molar-refractivity contribution >= 4 is 16.9 Å². The number of fused-ring (bicyclic) bond motifs is 2. The molecule has 1 aliphatic heterocycles. The summed E-state index contributed by atoms with van der Waals surface area (Å²) in [5, 5.41) is 4.90. The standard InChI is InChI=1S/C15H12N4O2/c20-15(19-7-10-6-16-9-17-13(10)8-19)5-12-11-3-1-2-4-14(11)21-18-12/h1-4,6,9H,5,7-8H2. The number of benzene rings is 1. The molecule has 0 fully saturated rings. The summed E-state index contributed by atoms with van der Waals surface area (Å²) in [6.07, 6.45) is 3.51. The van der Waals surface area contributed by atoms with Crippen molar-refractivity contribution in [3.8, 4) is 0 Å². The van der Waals surface area contributed by atoms with Gasteiger partial charge in [0.25, 0.3) is 0 Å². The Balaban J connectivity index is 1.55. The van der Waals surface area contributed by atoms with E-state index in [1.807, 2.05) is 24.3 Å². The fourth-order valence-electron chi connectivity index (χ4n) is 2.60. The Bertz CT molecular complexity index is 802. The van der Waals surface area contributed by atoms with Crippen LogP contribution < -0.4 is 0 Å². The highest BCUT2D eigenvalue weighted by Crippen LogP contribution is 2.22. The Morgan fingerprint density at radius 1 is 1.29 bits per heavy atom. The number of nitrogens with zero attached hydrogens (tertiary/aromatic N) is 4. The normalized spacial score (nSPS) is 13.6. The highest BCUT2D eigenvalue weighted by Gasteiger charge is 2.25. The maximum absolute atomic E-state index is 12.4. The predicted octanol–water partition coefficient (Wildman–Crippen LogP) is 1.70. The van der Waals surface area contributed by atoms with Crippen molar-refractivity contribution in [3.05, 3.63) is 53.7 Å². The Labute approximate surface area is 120 Å². The van der Waals surface area contributed by atoms with Crippen molar-refractivity contribution in [1.82, 2.24) is 20.0 Å². The molecule has 0 unspecified atom stereocenters. The molecule has 0 bridgehead atoms. The van der Waals surface area contributed by atoms with Gasteiger partial charge in [-0.25, -0.2) is 9.97 Å². The summed E-state index contributed by atoms with van der Waals surface area (Å²) in [4.78, 5) is 22.4. The van der Waals surface area contributed by atoms with Gasteiger partial charge in [-0.05, 0) is 12.1 Å². The highest BCUT2D eigenvalue weighted by molar-refractivity contribution is 5.86. The SMILES string of the molecule is O=C(Cc1noc2ccccc12)N1Cc2cncnc2C1. The van der Waals surface area contributed by atoms with Gasteiger partial charge in [-0.15, -0.1) is 0 Å². The number of hydrogen-bond donors (Lipinski definition) is 0. The van der Waals surface area contributed by atoms with Crippen LogP contribution in [0.25, 0.3) is 11.0 Å². The molecule has 2 aromatic heterocycles. The molecule has 0 saturated heterocycles. The van der Waals surface area contributed by atoms with Gasteiger partial charge in [-0.1, -0.05) is 17.3 Å². The van der Waals surface area contributed by atoms with Gasteiger partial charge >= 0.3 is 0 Å². The van der Waals surface area contributed by atoms with Crippen molar-refractivity contribution in [3.63, 3.8) is 0 Å². The molecule has 0 aliphatic carbocycles. The molecular weight excluding hydrogens is 268 g/mol. The lowest BCUT2D eigenvalue weighted by atomic mass is 10.1. The quantitative estimate of drug-likeness (QED) is 0.714. The van der Waals surface area contributed by atoms with E-state index >= 15 is 0 Å². The first-order chi connectivity index (χ1) is 10.3. The van der Waals surface area contributed by atoms with Gasteiger partial charge in [0, 0.05) is 23.7 Å². The summed E-state index contributed by atoms with van der Waals surface area (Å²) in [7, 11) is 0. The van der Waals surface area contributed by atoms with Crippen LogP contribution in [0.4, 0.5) is 0 Å². The third-order valence-electron chi connectivity index (χ3n) is 3.71. The first-order valence-corrected chi connectivity index (χ1v) is 6.70. The second-order valence-corrected chi connectivity index (χ2v) is 5.05. The molecule has 1 aromatic carbocycles. The van der Waals surface area contributed by atoms with Crippen LogP contribution in [0.2, 0.25) is 0 Å². The third-order valence-corrected chi connectivity index (χ3v) is 3.71. The zero-order chi connectivity index (χ0) is 14.2. The molecule has 0 N–H and O–H groups in total. The monoisotopic (exact) mass is 280 g/mol. The summed E-state index contributed by atoms with van der Waals surface area (Å²) in [5.74, 6) is 0.0204. The molecular formula is C15H12N4O2. The fourth-order valence-corrected chi connectivity index (χ4v) is 2.60. The first-order valence-electron chi connectivity index (χ1n) is 6.70. The minimum absolute atomic E-state index is 0.0204. The van der Waals surface area contributed by atoms with Gasteiger partial charge in [-0.2, -0.15) is 0 Å². The Morgan fingerprint density at radius 2 is 2.19 bits per heavy atom. The molecule has 0 atom stereocenters. The average Bonchev–Trinajstić information content (AvgIpc) is 3.11. The lowest BCUT2D eigenvalue weighted by Gasteiger charge is -2.13. The zero-order valence-corrected chi connectivity index (χ0v) is 11.2. The number of rotatable bonds is 2. The topological polar surface area (TPSA) is 72.1 Å². The van der Waals surface area contributed by atoms with E-state index in [4.69, 9.17) is 4.52 Å². The number of hydrogen-bond acceptors (Lipinski definition) is 5. The summed E-state index contributed by atoms with van der Waals surface area (Å²) in [5.41, 5.74) is 3.31. The van der Waals surface area contributed by atoms with Gasteiger partial charge < -0.3 is 9.42 Å². The molecule has 6 nitrogen and oxygen atoms in total. The smallest absolute Gasteiger partial charge is 0.229 e. The average molecular weight is 280 g/mol. The Morgan fingerprint density at radius 3 is 3.10 bits per heavy atom. The third kappa shape index (κ3) is 2.05. The van der Waals surface area contributed by atoms with Crippen LogP contribution in [0.15, 0.2) is 41.3 Å². The highest BCUT2D eigenvalue weighted by atomic mass is 16.5. The van der Waals surface area contributed by atoms with E-state index in [-0.39, 0.29) is 12.3 Å². The van der Waals surface area contributed by atoms with Crippen LogP contribution in [0.3, 0.4) is 0 Å². The number of aromatic nitrogens is 3. The molecule has 1 aliphatic rings. The van der Waals surface area contributed by atoms with Gasteiger partial charge in [0.1, 0.15) is 12.0 Å². The molecule has 0 saturated carbocycles. The zero-order valence-electron chi connectivity index (χ0n) is 11.2. The van der Waals surface area contributed by atoms with Crippen LogP contribution in [0.1, 0.15) is 17.0 Å². The van der Waals surface area contributed by atoms with Crippen LogP contribution in [0.5, 0.6) is 0 Å². The minimum Gasteiger partial charge on any atom is -0.356 e. The van der Waals surface area contributed by atoms with E-state index in [9.17, 15) is 4.79 Å². The van der Waals surface area contributed by atoms with E-state index < -0.39 is 0 Å². The number of amides is 1. The van der Waals surface area contributed by atoms with Crippen molar-refractivity contribution in [2.75, 3.05) is 0 Å². The lowest BCUT2D eigenvalue weighted by Crippen LogP contribution is -2.27. The van der Waals surface area contributed by atoms with Gasteiger partial charge in [-0.3, -0.25) is 4.79 Å². The summed E-state index contributed by atoms with van der Waals surface area (Å²) >= 11 is 0. The molecule has 3 aromatic rings. The van der Waals surface area contributed by atoms with E-state index in [0.717, 1.165) is 16.6 Å². The first kappa shape index (κ1) is 12.0. The minimum atomic E-state index is 0.0204. The second kappa shape index (κ2) is 4.66. The molecule has 21 heavy (non-hydrogen) atoms. The number of para-hydroxylation sites is 1. The van der Waals surface area contributed by atoms with Gasteiger partial charge in [0.2, 0.25) is 5.91 Å². The maximum Gasteiger partial charge on any atom is 0.229 e. The molecule has 104 valence electrons. The largest absolute Gasteiger partial charge is 0.356 e. The van der Waals surface area contributed by atoms with E-state index in [1.54, 1.807) is 11.1 Å². The Kier molecular flexibility index (Phi) is 2.67. The van der Waals surface area contributed by atoms with Crippen LogP contribution >= 0.6 is 0 Å². The van der Waals surface area contributed by atoms with Crippen molar-refractivity contribution in [1.29, 1.82) is 0 Å². The molecule has 1 amide bonds. The van der Waals surface area contributed by atoms with Crippen LogP contribution in [0, 0.1) is 0 Å². The maximum atomic E-state index is 12.4. The summed E-state index contributed by atoms with van der Waals surface area (Å²) < 4.78 is 5.23. The Hall–Kier alpha value is -2.76. The van der Waals surface area contributed by atoms with Crippen molar-refractivity contribution < 1.29 is 9.32 Å². The fraction of sp³-hybridized carbons (Fsp3) is 0.200. The second-order valence-electron chi connectivity index (χ2n) is 5.05. The van der Waals surface area contributed by atoms with Gasteiger partial charge in [0.15, 0.2) is 5.58 Å². The molecule has 4 rings (SSSR count). The summed E-state index contributed by atoms with van der Waals surface area (Å²) in [6, 6.07) is 7.56. The van der Waals surface area contributed by atoms with E-state index in [1.165, 1.54) is 6.33 Å². The molecule has 0 spiro atoms. The molecule has 3 heterocycles. The lowest BCUT2D eigenvalue weighted by molar-refractivity contribution is -0.131. The summed E-state index contributed by atoms with van der Waals surface area (Å²) in [6.45, 7) is 1.09. The number of carbonyl (C=O) groups excluding carboxylic acids is 1. The predicted molar refractivity (Wildman–Crippen MR) is 74.0 cm³/mol. The number of carbonyl (C=O) groups is 1. The molecule has 0 radical (unpaired) electrons. The van der Waals surface area contributed by atoms with E-state index in [2.05, 4.69) is 15.1 Å². The van der Waals surface area contributed by atoms with Gasteiger partial charge in [0.05, 0.1) is 18.7 Å². The molecule has 6 heteroatoms. The van der Waals surface area contributed by atoms with Crippen LogP contribution in [-0.2, 0) is 24.3 Å². The van der Waals surface area contributed by atoms with E-state index in [0.29, 0.717) is 24.4 Å². The van der Waals surface area contributed by atoms with Crippen LogP contribution in [-0.4, -0.2) is 25.9 Å². The van der Waals surface area contributed by atoms with Crippen molar-refractivity contribution in [2.24, 2.45) is 0 Å². The van der Waals surface area contributed by atoms with Crippen molar-refractivity contribution in [2.45, 2.75) is 19.5 Å².